The van der Waals surface area contributed by atoms with Crippen LogP contribution in [-0.2, 0) is 0 Å². The van der Waals surface area contributed by atoms with E-state index in [-0.39, 0.29) is 0 Å². The third kappa shape index (κ3) is 1.51. The normalized spacial score (nSPS) is 22.6. The molecule has 1 aliphatic rings. The number of hydrogen-bond donors (Lipinski definition) is 0. The van der Waals surface area contributed by atoms with E-state index < -0.39 is 0 Å². The molecule has 2 heteroatoms. The Labute approximate surface area is 52.3 Å². The molecule has 8 heavy (non-hydrogen) atoms. The average Bonchev–Trinajstić information content (AvgIpc) is 1.90. The van der Waals surface area contributed by atoms with Gasteiger partial charge in [0.15, 0.2) is 0 Å². The van der Waals surface area contributed by atoms with E-state index in [4.69, 9.17) is 0 Å². The zero-order valence-corrected chi connectivity index (χ0v) is 5.56. The highest BCUT2D eigenvalue weighted by atomic mass is 15.0. The molecule has 0 amide bonds. The van der Waals surface area contributed by atoms with Crippen molar-refractivity contribution >= 4 is 7.41 Å². The minimum Gasteiger partial charge on any atom is -0.347 e. The van der Waals surface area contributed by atoms with E-state index in [1.54, 1.807) is 0 Å². The fraction of sp³-hybridized carbons (Fsp3) is 1.00. The Morgan fingerprint density at radius 1 is 1.50 bits per heavy atom. The number of nitrogens with zero attached hydrogens (tertiary/aromatic N) is 1. The van der Waals surface area contributed by atoms with Gasteiger partial charge in [-0.2, -0.15) is 0 Å². The summed E-state index contributed by atoms with van der Waals surface area (Å²) >= 11 is 0. The maximum Gasteiger partial charge on any atom is 0.208 e. The van der Waals surface area contributed by atoms with Crippen LogP contribution in [0.3, 0.4) is 0 Å². The van der Waals surface area contributed by atoms with Gasteiger partial charge < -0.3 is 4.81 Å². The Hall–Kier alpha value is 0.0249. The molecule has 0 aromatic heterocycles. The SMILES string of the molecule is CCN1[B]CCCC1. The van der Waals surface area contributed by atoms with E-state index >= 15 is 0 Å². The third-order valence-electron chi connectivity index (χ3n) is 1.69. The van der Waals surface area contributed by atoms with Crippen molar-refractivity contribution in [1.29, 1.82) is 0 Å². The first-order valence-electron chi connectivity index (χ1n) is 3.51. The van der Waals surface area contributed by atoms with Crippen molar-refractivity contribution in [1.82, 2.24) is 4.81 Å². The van der Waals surface area contributed by atoms with Gasteiger partial charge in [-0.15, -0.1) is 0 Å². The highest BCUT2D eigenvalue weighted by molar-refractivity contribution is 6.32. The Kier molecular flexibility index (Phi) is 2.41. The second kappa shape index (κ2) is 3.13. The summed E-state index contributed by atoms with van der Waals surface area (Å²) < 4.78 is 0. The van der Waals surface area contributed by atoms with Crippen LogP contribution in [0.1, 0.15) is 19.8 Å². The summed E-state index contributed by atoms with van der Waals surface area (Å²) in [5, 5.41) is 0. The summed E-state index contributed by atoms with van der Waals surface area (Å²) in [6, 6.07) is 0. The van der Waals surface area contributed by atoms with Crippen LogP contribution in [0.25, 0.3) is 0 Å². The van der Waals surface area contributed by atoms with Crippen molar-refractivity contribution in [3.8, 4) is 0 Å². The highest BCUT2D eigenvalue weighted by Crippen LogP contribution is 2.05. The third-order valence-corrected chi connectivity index (χ3v) is 1.69. The molecule has 0 aromatic carbocycles. The molecule has 1 fully saturated rings. The van der Waals surface area contributed by atoms with Gasteiger partial charge in [-0.25, -0.2) is 0 Å². The monoisotopic (exact) mass is 110 g/mol. The predicted octanol–water partition coefficient (Wildman–Crippen LogP) is 1.14. The second-order valence-electron chi connectivity index (χ2n) is 2.31. The summed E-state index contributed by atoms with van der Waals surface area (Å²) in [4.78, 5) is 2.39. The fourth-order valence-corrected chi connectivity index (χ4v) is 1.11. The average molecular weight is 110 g/mol. The molecule has 1 saturated heterocycles. The number of hydrogen-bond acceptors (Lipinski definition) is 1. The first kappa shape index (κ1) is 6.15. The first-order chi connectivity index (χ1) is 3.93. The zero-order chi connectivity index (χ0) is 5.82. The van der Waals surface area contributed by atoms with Gasteiger partial charge in [0.25, 0.3) is 0 Å². The van der Waals surface area contributed by atoms with Gasteiger partial charge in [-0.1, -0.05) is 19.7 Å². The zero-order valence-electron chi connectivity index (χ0n) is 5.56. The highest BCUT2D eigenvalue weighted by Gasteiger charge is 2.07. The van der Waals surface area contributed by atoms with Crippen molar-refractivity contribution in [2.45, 2.75) is 26.1 Å². The summed E-state index contributed by atoms with van der Waals surface area (Å²) in [6.45, 7) is 4.69. The molecule has 0 aromatic rings. The molecule has 45 valence electrons. The minimum atomic E-state index is 1.19. The van der Waals surface area contributed by atoms with Crippen molar-refractivity contribution in [3.63, 3.8) is 0 Å². The lowest BCUT2D eigenvalue weighted by Crippen LogP contribution is -2.31. The molecule has 1 rings (SSSR count). The molecule has 0 spiro atoms. The van der Waals surface area contributed by atoms with Gasteiger partial charge >= 0.3 is 0 Å². The molecular weight excluding hydrogens is 96.9 g/mol. The Balaban J connectivity index is 2.13. The topological polar surface area (TPSA) is 3.24 Å². The van der Waals surface area contributed by atoms with Gasteiger partial charge in [-0.05, 0) is 19.5 Å². The predicted molar refractivity (Wildman–Crippen MR) is 37.0 cm³/mol. The van der Waals surface area contributed by atoms with Gasteiger partial charge in [-0.3, -0.25) is 0 Å². The van der Waals surface area contributed by atoms with E-state index in [0.717, 1.165) is 0 Å². The smallest absolute Gasteiger partial charge is 0.208 e. The largest absolute Gasteiger partial charge is 0.347 e. The van der Waals surface area contributed by atoms with Gasteiger partial charge in [0.05, 0.1) is 0 Å². The second-order valence-corrected chi connectivity index (χ2v) is 2.31. The van der Waals surface area contributed by atoms with E-state index in [9.17, 15) is 0 Å². The van der Waals surface area contributed by atoms with Crippen LogP contribution in [-0.4, -0.2) is 25.3 Å². The quantitative estimate of drug-likeness (QED) is 0.457. The summed E-state index contributed by atoms with van der Waals surface area (Å²) in [6.07, 6.45) is 4.09. The maximum absolute atomic E-state index is 2.39. The summed E-state index contributed by atoms with van der Waals surface area (Å²) in [7, 11) is 2.32. The van der Waals surface area contributed by atoms with Crippen molar-refractivity contribution in [2.24, 2.45) is 0 Å². The van der Waals surface area contributed by atoms with Gasteiger partial charge in [0, 0.05) is 0 Å². The maximum atomic E-state index is 2.39. The minimum absolute atomic E-state index is 1.19. The first-order valence-corrected chi connectivity index (χ1v) is 3.51. The van der Waals surface area contributed by atoms with E-state index in [1.165, 1.54) is 32.3 Å². The van der Waals surface area contributed by atoms with Crippen molar-refractivity contribution in [2.75, 3.05) is 13.1 Å². The molecule has 0 bridgehead atoms. The van der Waals surface area contributed by atoms with Crippen LogP contribution < -0.4 is 0 Å². The lowest BCUT2D eigenvalue weighted by Gasteiger charge is -2.23. The van der Waals surface area contributed by atoms with Crippen LogP contribution in [0, 0.1) is 0 Å². The molecule has 0 saturated carbocycles. The summed E-state index contributed by atoms with van der Waals surface area (Å²) in [5.74, 6) is 0. The molecule has 1 nitrogen and oxygen atoms in total. The lowest BCUT2D eigenvalue weighted by molar-refractivity contribution is 0.427. The van der Waals surface area contributed by atoms with Gasteiger partial charge in [0.1, 0.15) is 0 Å². The Morgan fingerprint density at radius 3 is 2.75 bits per heavy atom. The van der Waals surface area contributed by atoms with Crippen molar-refractivity contribution < 1.29 is 0 Å². The standard InChI is InChI=1S/C6H13BN/c1-2-8-6-4-3-5-7-8/h2-6H2,1H3. The summed E-state index contributed by atoms with van der Waals surface area (Å²) in [5.41, 5.74) is 0. The van der Waals surface area contributed by atoms with Gasteiger partial charge in [0.2, 0.25) is 7.41 Å². The van der Waals surface area contributed by atoms with Crippen molar-refractivity contribution in [3.05, 3.63) is 0 Å². The van der Waals surface area contributed by atoms with Crippen LogP contribution in [0.5, 0.6) is 0 Å². The van der Waals surface area contributed by atoms with Crippen LogP contribution in [0.15, 0.2) is 0 Å². The molecule has 1 aliphatic heterocycles. The fourth-order valence-electron chi connectivity index (χ4n) is 1.11. The molecular formula is C6H13BN. The Morgan fingerprint density at radius 2 is 2.38 bits per heavy atom. The molecule has 0 atom stereocenters. The van der Waals surface area contributed by atoms with E-state index in [1.807, 2.05) is 0 Å². The molecule has 0 N–H and O–H groups in total. The molecule has 1 heterocycles. The van der Waals surface area contributed by atoms with Crippen LogP contribution in [0.2, 0.25) is 6.32 Å². The number of rotatable bonds is 1. The Bertz CT molecular complexity index is 59.5. The molecule has 0 aliphatic carbocycles. The van der Waals surface area contributed by atoms with E-state index in [0.29, 0.717) is 0 Å². The van der Waals surface area contributed by atoms with Crippen LogP contribution in [0.4, 0.5) is 0 Å². The van der Waals surface area contributed by atoms with Crippen LogP contribution >= 0.6 is 0 Å². The lowest BCUT2D eigenvalue weighted by atomic mass is 9.80. The molecule has 1 radical (unpaired) electrons. The van der Waals surface area contributed by atoms with E-state index in [2.05, 4.69) is 19.1 Å². The molecule has 0 unspecified atom stereocenters.